The monoisotopic (exact) mass is 195 g/mol. The van der Waals surface area contributed by atoms with Gasteiger partial charge in [0.1, 0.15) is 0 Å². The average molecular weight is 195 g/mol. The summed E-state index contributed by atoms with van der Waals surface area (Å²) in [6.07, 6.45) is 8.26. The SMILES string of the molecule is COc1cnn(C2CCCC(N)C2)c1. The summed E-state index contributed by atoms with van der Waals surface area (Å²) in [5.41, 5.74) is 5.93. The van der Waals surface area contributed by atoms with Crippen LogP contribution in [0.1, 0.15) is 31.7 Å². The molecule has 0 spiro atoms. The number of rotatable bonds is 2. The lowest BCUT2D eigenvalue weighted by atomic mass is 9.92. The summed E-state index contributed by atoms with van der Waals surface area (Å²) in [7, 11) is 1.66. The first kappa shape index (κ1) is 9.52. The molecule has 4 heteroatoms. The van der Waals surface area contributed by atoms with Crippen molar-refractivity contribution in [3.05, 3.63) is 12.4 Å². The van der Waals surface area contributed by atoms with E-state index in [2.05, 4.69) is 5.10 Å². The summed E-state index contributed by atoms with van der Waals surface area (Å²) < 4.78 is 7.08. The maximum atomic E-state index is 5.93. The molecule has 0 bridgehead atoms. The van der Waals surface area contributed by atoms with Gasteiger partial charge < -0.3 is 10.5 Å². The van der Waals surface area contributed by atoms with Crippen molar-refractivity contribution in [3.63, 3.8) is 0 Å². The van der Waals surface area contributed by atoms with Crippen molar-refractivity contribution in [3.8, 4) is 5.75 Å². The van der Waals surface area contributed by atoms with Crippen LogP contribution in [0.25, 0.3) is 0 Å². The van der Waals surface area contributed by atoms with Crippen LogP contribution < -0.4 is 10.5 Å². The fourth-order valence-electron chi connectivity index (χ4n) is 2.07. The lowest BCUT2D eigenvalue weighted by molar-refractivity contribution is 0.299. The Morgan fingerprint density at radius 3 is 3.07 bits per heavy atom. The van der Waals surface area contributed by atoms with E-state index in [0.29, 0.717) is 12.1 Å². The molecule has 0 aliphatic heterocycles. The van der Waals surface area contributed by atoms with Gasteiger partial charge in [-0.2, -0.15) is 5.10 Å². The van der Waals surface area contributed by atoms with E-state index in [1.165, 1.54) is 12.8 Å². The molecule has 1 aliphatic rings. The zero-order chi connectivity index (χ0) is 9.97. The fourth-order valence-corrected chi connectivity index (χ4v) is 2.07. The number of nitrogens with two attached hydrogens (primary N) is 1. The summed E-state index contributed by atoms with van der Waals surface area (Å²) in [6.45, 7) is 0. The van der Waals surface area contributed by atoms with Gasteiger partial charge in [0.15, 0.2) is 5.75 Å². The first-order valence-corrected chi connectivity index (χ1v) is 5.13. The van der Waals surface area contributed by atoms with Gasteiger partial charge in [-0.3, -0.25) is 4.68 Å². The average Bonchev–Trinajstić information content (AvgIpc) is 2.66. The molecule has 0 saturated heterocycles. The summed E-state index contributed by atoms with van der Waals surface area (Å²) in [5, 5.41) is 4.28. The van der Waals surface area contributed by atoms with Crippen LogP contribution in [-0.4, -0.2) is 22.9 Å². The normalized spacial score (nSPS) is 27.6. The molecule has 2 N–H and O–H groups in total. The van der Waals surface area contributed by atoms with E-state index in [-0.39, 0.29) is 0 Å². The maximum Gasteiger partial charge on any atom is 0.156 e. The molecule has 1 aromatic rings. The number of nitrogens with zero attached hydrogens (tertiary/aromatic N) is 2. The molecule has 2 rings (SSSR count). The van der Waals surface area contributed by atoms with Crippen molar-refractivity contribution in [2.75, 3.05) is 7.11 Å². The number of hydrogen-bond donors (Lipinski definition) is 1. The molecule has 0 amide bonds. The largest absolute Gasteiger partial charge is 0.493 e. The van der Waals surface area contributed by atoms with Gasteiger partial charge in [-0.1, -0.05) is 0 Å². The van der Waals surface area contributed by atoms with Gasteiger partial charge in [-0.15, -0.1) is 0 Å². The Balaban J connectivity index is 2.06. The predicted molar refractivity (Wildman–Crippen MR) is 54.3 cm³/mol. The van der Waals surface area contributed by atoms with Crippen LogP contribution in [0.15, 0.2) is 12.4 Å². The fraction of sp³-hybridized carbons (Fsp3) is 0.700. The molecular weight excluding hydrogens is 178 g/mol. The summed E-state index contributed by atoms with van der Waals surface area (Å²) in [5.74, 6) is 0.823. The molecule has 1 saturated carbocycles. The molecule has 0 aromatic carbocycles. The van der Waals surface area contributed by atoms with Gasteiger partial charge in [-0.25, -0.2) is 0 Å². The Kier molecular flexibility index (Phi) is 2.72. The van der Waals surface area contributed by atoms with Crippen molar-refractivity contribution in [2.45, 2.75) is 37.8 Å². The van der Waals surface area contributed by atoms with Gasteiger partial charge in [0.2, 0.25) is 0 Å². The van der Waals surface area contributed by atoms with E-state index < -0.39 is 0 Å². The van der Waals surface area contributed by atoms with Crippen LogP contribution >= 0.6 is 0 Å². The Bertz CT molecular complexity index is 297. The van der Waals surface area contributed by atoms with Gasteiger partial charge in [-0.05, 0) is 25.7 Å². The highest BCUT2D eigenvalue weighted by Gasteiger charge is 2.21. The highest BCUT2D eigenvalue weighted by Crippen LogP contribution is 2.27. The minimum atomic E-state index is 0.337. The molecule has 78 valence electrons. The van der Waals surface area contributed by atoms with Gasteiger partial charge >= 0.3 is 0 Å². The van der Waals surface area contributed by atoms with Crippen LogP contribution in [0.4, 0.5) is 0 Å². The minimum absolute atomic E-state index is 0.337. The predicted octanol–water partition coefficient (Wildman–Crippen LogP) is 1.33. The number of hydrogen-bond acceptors (Lipinski definition) is 3. The third kappa shape index (κ3) is 1.90. The first-order valence-electron chi connectivity index (χ1n) is 5.13. The zero-order valence-electron chi connectivity index (χ0n) is 8.52. The van der Waals surface area contributed by atoms with Crippen LogP contribution in [0.2, 0.25) is 0 Å². The third-order valence-electron chi connectivity index (χ3n) is 2.87. The van der Waals surface area contributed by atoms with Crippen molar-refractivity contribution in [1.82, 2.24) is 9.78 Å². The quantitative estimate of drug-likeness (QED) is 0.774. The van der Waals surface area contributed by atoms with Crippen molar-refractivity contribution < 1.29 is 4.74 Å². The minimum Gasteiger partial charge on any atom is -0.493 e. The molecule has 1 aliphatic carbocycles. The molecule has 4 nitrogen and oxygen atoms in total. The van der Waals surface area contributed by atoms with E-state index >= 15 is 0 Å². The second-order valence-corrected chi connectivity index (χ2v) is 3.94. The highest BCUT2D eigenvalue weighted by atomic mass is 16.5. The van der Waals surface area contributed by atoms with Crippen LogP contribution in [0.3, 0.4) is 0 Å². The van der Waals surface area contributed by atoms with Gasteiger partial charge in [0, 0.05) is 6.04 Å². The van der Waals surface area contributed by atoms with E-state index in [1.54, 1.807) is 13.3 Å². The standard InChI is InChI=1S/C10H17N3O/c1-14-10-6-12-13(7-10)9-4-2-3-8(11)5-9/h6-9H,2-5,11H2,1H3. The molecule has 1 heterocycles. The molecule has 2 atom stereocenters. The van der Waals surface area contributed by atoms with Crippen molar-refractivity contribution in [1.29, 1.82) is 0 Å². The van der Waals surface area contributed by atoms with Crippen LogP contribution in [0, 0.1) is 0 Å². The van der Waals surface area contributed by atoms with E-state index in [9.17, 15) is 0 Å². The Morgan fingerprint density at radius 2 is 2.43 bits per heavy atom. The number of ether oxygens (including phenoxy) is 1. The van der Waals surface area contributed by atoms with E-state index in [1.807, 2.05) is 10.9 Å². The zero-order valence-corrected chi connectivity index (χ0v) is 8.52. The first-order chi connectivity index (χ1) is 6.79. The second kappa shape index (κ2) is 4.00. The van der Waals surface area contributed by atoms with E-state index in [0.717, 1.165) is 18.6 Å². The highest BCUT2D eigenvalue weighted by molar-refractivity contribution is 5.11. The third-order valence-corrected chi connectivity index (χ3v) is 2.87. The lowest BCUT2D eigenvalue weighted by Gasteiger charge is -2.26. The van der Waals surface area contributed by atoms with E-state index in [4.69, 9.17) is 10.5 Å². The Labute approximate surface area is 84.0 Å². The maximum absolute atomic E-state index is 5.93. The number of aromatic nitrogens is 2. The Hall–Kier alpha value is -1.03. The molecular formula is C10H17N3O. The van der Waals surface area contributed by atoms with Crippen LogP contribution in [0.5, 0.6) is 5.75 Å². The topological polar surface area (TPSA) is 53.1 Å². The number of methoxy groups -OCH3 is 1. The van der Waals surface area contributed by atoms with Gasteiger partial charge in [0.05, 0.1) is 25.5 Å². The smallest absolute Gasteiger partial charge is 0.156 e. The lowest BCUT2D eigenvalue weighted by Crippen LogP contribution is -2.29. The summed E-state index contributed by atoms with van der Waals surface area (Å²) >= 11 is 0. The molecule has 1 aromatic heterocycles. The van der Waals surface area contributed by atoms with Crippen molar-refractivity contribution in [2.24, 2.45) is 5.73 Å². The molecule has 0 radical (unpaired) electrons. The van der Waals surface area contributed by atoms with Crippen molar-refractivity contribution >= 4 is 0 Å². The summed E-state index contributed by atoms with van der Waals surface area (Å²) in [4.78, 5) is 0. The Morgan fingerprint density at radius 1 is 1.57 bits per heavy atom. The summed E-state index contributed by atoms with van der Waals surface area (Å²) in [6, 6.07) is 0.798. The molecule has 14 heavy (non-hydrogen) atoms. The van der Waals surface area contributed by atoms with Gasteiger partial charge in [0.25, 0.3) is 0 Å². The van der Waals surface area contributed by atoms with Crippen LogP contribution in [-0.2, 0) is 0 Å². The molecule has 2 unspecified atom stereocenters. The molecule has 1 fully saturated rings. The second-order valence-electron chi connectivity index (χ2n) is 3.94.